The molecule has 0 amide bonds. The first kappa shape index (κ1) is 91.1. The summed E-state index contributed by atoms with van der Waals surface area (Å²) < 4.78 is 68.4. The zero-order valence-corrected chi connectivity index (χ0v) is 62.7. The number of phosphoric ester groups is 2. The number of carbonyl (C=O) groups excluding carboxylic acids is 4. The first-order valence-corrected chi connectivity index (χ1v) is 41.2. The maximum atomic E-state index is 13.1. The van der Waals surface area contributed by atoms with E-state index in [-0.39, 0.29) is 25.7 Å². The lowest BCUT2D eigenvalue weighted by Gasteiger charge is -2.21. The second kappa shape index (κ2) is 63.5. The molecule has 0 aromatic rings. The molecule has 17 nitrogen and oxygen atoms in total. The van der Waals surface area contributed by atoms with Gasteiger partial charge in [-0.05, 0) is 49.4 Å². The third-order valence-corrected chi connectivity index (χ3v) is 19.3. The Morgan fingerprint density at radius 2 is 0.516 bits per heavy atom. The summed E-state index contributed by atoms with van der Waals surface area (Å²) in [6.45, 7) is 14.1. The van der Waals surface area contributed by atoms with E-state index in [2.05, 4.69) is 55.4 Å². The van der Waals surface area contributed by atoms with Crippen LogP contribution in [0.2, 0.25) is 0 Å². The van der Waals surface area contributed by atoms with Crippen LogP contribution in [-0.2, 0) is 65.4 Å². The van der Waals surface area contributed by atoms with E-state index in [1.165, 1.54) is 167 Å². The van der Waals surface area contributed by atoms with E-state index in [4.69, 9.17) is 37.0 Å². The smallest absolute Gasteiger partial charge is 0.462 e. The highest BCUT2D eigenvalue weighted by Gasteiger charge is 2.30. The summed E-state index contributed by atoms with van der Waals surface area (Å²) in [6, 6.07) is 0. The topological polar surface area (TPSA) is 237 Å². The molecule has 0 aromatic carbocycles. The summed E-state index contributed by atoms with van der Waals surface area (Å²) >= 11 is 0. The number of aliphatic hydroxyl groups is 1. The third-order valence-electron chi connectivity index (χ3n) is 17.4. The van der Waals surface area contributed by atoms with Gasteiger partial charge in [-0.15, -0.1) is 0 Å². The number of hydrogen-bond donors (Lipinski definition) is 3. The Kier molecular flexibility index (Phi) is 62.2. The summed E-state index contributed by atoms with van der Waals surface area (Å²) in [6.07, 6.45) is 47.4. The fourth-order valence-corrected chi connectivity index (χ4v) is 12.7. The minimum Gasteiger partial charge on any atom is -0.462 e. The van der Waals surface area contributed by atoms with Gasteiger partial charge in [-0.25, -0.2) is 9.13 Å². The van der Waals surface area contributed by atoms with Crippen molar-refractivity contribution in [1.29, 1.82) is 0 Å². The summed E-state index contributed by atoms with van der Waals surface area (Å²) in [7, 11) is -9.91. The van der Waals surface area contributed by atoms with Gasteiger partial charge in [0.2, 0.25) is 0 Å². The second-order valence-corrected chi connectivity index (χ2v) is 31.3. The maximum absolute atomic E-state index is 13.1. The highest BCUT2D eigenvalue weighted by Crippen LogP contribution is 2.45. The van der Waals surface area contributed by atoms with Gasteiger partial charge in [-0.1, -0.05) is 319 Å². The van der Waals surface area contributed by atoms with E-state index >= 15 is 0 Å². The van der Waals surface area contributed by atoms with E-state index in [1.807, 2.05) is 0 Å². The van der Waals surface area contributed by atoms with Gasteiger partial charge < -0.3 is 33.8 Å². The van der Waals surface area contributed by atoms with Crippen molar-refractivity contribution in [2.75, 3.05) is 39.6 Å². The van der Waals surface area contributed by atoms with Crippen molar-refractivity contribution < 1.29 is 80.2 Å². The van der Waals surface area contributed by atoms with Crippen LogP contribution in [0.15, 0.2) is 0 Å². The summed E-state index contributed by atoms with van der Waals surface area (Å²) in [5.74, 6) is 0.893. The number of rotatable bonds is 71. The number of phosphoric acid groups is 2. The van der Waals surface area contributed by atoms with Crippen LogP contribution in [-0.4, -0.2) is 96.7 Å². The van der Waals surface area contributed by atoms with Crippen LogP contribution in [0.1, 0.15) is 370 Å². The molecule has 0 bridgehead atoms. The molecule has 0 aliphatic heterocycles. The van der Waals surface area contributed by atoms with Gasteiger partial charge >= 0.3 is 39.5 Å². The summed E-state index contributed by atoms with van der Waals surface area (Å²) in [4.78, 5) is 72.7. The van der Waals surface area contributed by atoms with E-state index < -0.39 is 97.5 Å². The van der Waals surface area contributed by atoms with Gasteiger partial charge in [0.15, 0.2) is 12.2 Å². The molecule has 0 aliphatic rings. The molecule has 0 spiro atoms. The molecule has 0 rings (SSSR count). The monoisotopic (exact) mass is 1370 g/mol. The Balaban J connectivity index is 5.23. The van der Waals surface area contributed by atoms with Crippen LogP contribution in [0, 0.1) is 23.7 Å². The van der Waals surface area contributed by atoms with Gasteiger partial charge in [-0.2, -0.15) is 0 Å². The van der Waals surface area contributed by atoms with Gasteiger partial charge in [0, 0.05) is 25.7 Å². The van der Waals surface area contributed by atoms with Crippen molar-refractivity contribution in [3.05, 3.63) is 0 Å². The zero-order chi connectivity index (χ0) is 68.9. The van der Waals surface area contributed by atoms with Crippen LogP contribution >= 0.6 is 15.6 Å². The Hall–Kier alpha value is -1.94. The molecule has 0 heterocycles. The van der Waals surface area contributed by atoms with Crippen LogP contribution in [0.5, 0.6) is 0 Å². The molecular weight excluding hydrogens is 1220 g/mol. The SMILES string of the molecule is CCC(C)CCCCCCCCCCCCC(=O)OC[C@H](COP(=O)(O)OCC(O)COP(=O)(O)OC[C@@H](COC(=O)CCCCCCCCCC(C)C)OC(=O)CCCCCCCCCC(C)C)OC(=O)CCCCCCCCCCCCCCCCCCC(C)C. The first-order valence-electron chi connectivity index (χ1n) is 38.2. The Morgan fingerprint density at radius 3 is 0.763 bits per heavy atom. The molecule has 0 aromatic heterocycles. The van der Waals surface area contributed by atoms with Crippen molar-refractivity contribution in [3.8, 4) is 0 Å². The number of hydrogen-bond acceptors (Lipinski definition) is 15. The highest BCUT2D eigenvalue weighted by molar-refractivity contribution is 7.47. The van der Waals surface area contributed by atoms with Crippen molar-refractivity contribution >= 4 is 39.5 Å². The van der Waals surface area contributed by atoms with Crippen molar-refractivity contribution in [3.63, 3.8) is 0 Å². The van der Waals surface area contributed by atoms with E-state index in [0.29, 0.717) is 37.5 Å². The molecule has 0 saturated carbocycles. The fourth-order valence-electron chi connectivity index (χ4n) is 11.2. The summed E-state index contributed by atoms with van der Waals surface area (Å²) in [5, 5.41) is 10.6. The largest absolute Gasteiger partial charge is 0.472 e. The summed E-state index contributed by atoms with van der Waals surface area (Å²) in [5.41, 5.74) is 0. The average Bonchev–Trinajstić information content (AvgIpc) is 1.99. The second-order valence-electron chi connectivity index (χ2n) is 28.4. The average molecular weight is 1370 g/mol. The molecule has 6 atom stereocenters. The molecule has 552 valence electrons. The Bertz CT molecular complexity index is 1840. The molecule has 0 aliphatic carbocycles. The van der Waals surface area contributed by atoms with E-state index in [0.717, 1.165) is 108 Å². The molecule has 0 saturated heterocycles. The van der Waals surface area contributed by atoms with Crippen LogP contribution in [0.25, 0.3) is 0 Å². The van der Waals surface area contributed by atoms with Crippen molar-refractivity contribution in [2.24, 2.45) is 23.7 Å². The number of aliphatic hydroxyl groups excluding tert-OH is 1. The van der Waals surface area contributed by atoms with Crippen LogP contribution in [0.4, 0.5) is 0 Å². The lowest BCUT2D eigenvalue weighted by molar-refractivity contribution is -0.161. The molecule has 3 N–H and O–H groups in total. The maximum Gasteiger partial charge on any atom is 0.472 e. The number of unbranched alkanes of at least 4 members (excludes halogenated alkanes) is 36. The van der Waals surface area contributed by atoms with Crippen molar-refractivity contribution in [2.45, 2.75) is 388 Å². The molecular formula is C74H144O17P2. The Labute approximate surface area is 568 Å². The minimum atomic E-state index is -4.96. The first-order chi connectivity index (χ1) is 44.6. The number of carbonyl (C=O) groups is 4. The van der Waals surface area contributed by atoms with Crippen LogP contribution in [0.3, 0.4) is 0 Å². The van der Waals surface area contributed by atoms with Crippen molar-refractivity contribution in [1.82, 2.24) is 0 Å². The van der Waals surface area contributed by atoms with Gasteiger partial charge in [-0.3, -0.25) is 37.3 Å². The van der Waals surface area contributed by atoms with Gasteiger partial charge in [0.05, 0.1) is 26.4 Å². The Morgan fingerprint density at radius 1 is 0.301 bits per heavy atom. The highest BCUT2D eigenvalue weighted by atomic mass is 31.2. The standard InChI is InChI=1S/C74H144O17P2/c1-9-67(8)53-45-37-29-21-18-19-22-30-38-46-54-71(76)84-60-69(90-73(78)56-48-40-31-23-17-15-13-11-10-12-14-16-20-26-34-42-50-64(2)3)62-88-92(80,81)86-58-68(75)59-87-93(82,83)89-63-70(91-74(79)57-49-41-33-25-28-36-44-52-66(6)7)61-85-72(77)55-47-39-32-24-27-35-43-51-65(4)5/h64-70,75H,9-63H2,1-8H3,(H,80,81)(H,82,83)/t67?,68?,69-,70-/m1/s1. The quantitative estimate of drug-likeness (QED) is 0.0222. The molecule has 19 heteroatoms. The minimum absolute atomic E-state index is 0.102. The predicted molar refractivity (Wildman–Crippen MR) is 377 cm³/mol. The van der Waals surface area contributed by atoms with Crippen LogP contribution < -0.4 is 0 Å². The molecule has 93 heavy (non-hydrogen) atoms. The normalized spacial score (nSPS) is 14.5. The fraction of sp³-hybridized carbons (Fsp3) is 0.946. The number of esters is 4. The molecule has 4 unspecified atom stereocenters. The lowest BCUT2D eigenvalue weighted by atomic mass is 9.99. The zero-order valence-electron chi connectivity index (χ0n) is 60.9. The predicted octanol–water partition coefficient (Wildman–Crippen LogP) is 21.3. The van der Waals surface area contributed by atoms with E-state index in [1.54, 1.807) is 0 Å². The number of ether oxygens (including phenoxy) is 4. The molecule has 0 radical (unpaired) electrons. The van der Waals surface area contributed by atoms with E-state index in [9.17, 15) is 43.2 Å². The lowest BCUT2D eigenvalue weighted by Crippen LogP contribution is -2.30. The van der Waals surface area contributed by atoms with Gasteiger partial charge in [0.1, 0.15) is 19.3 Å². The van der Waals surface area contributed by atoms with Gasteiger partial charge in [0.25, 0.3) is 0 Å². The molecule has 0 fully saturated rings. The third kappa shape index (κ3) is 67.0.